The van der Waals surface area contributed by atoms with Crippen LogP contribution in [0.1, 0.15) is 27.5 Å². The topological polar surface area (TPSA) is 91.7 Å². The fourth-order valence-electron chi connectivity index (χ4n) is 5.65. The van der Waals surface area contributed by atoms with E-state index in [1.807, 2.05) is 62.3 Å². The van der Waals surface area contributed by atoms with Gasteiger partial charge in [0.05, 0.1) is 22.2 Å². The van der Waals surface area contributed by atoms with E-state index in [1.165, 1.54) is 10.6 Å². The third kappa shape index (κ3) is 5.66. The molecule has 232 valence electrons. The Balaban J connectivity index is 1.41. The summed E-state index contributed by atoms with van der Waals surface area (Å²) >= 11 is 1.90. The van der Waals surface area contributed by atoms with Crippen LogP contribution in [-0.4, -0.2) is 41.6 Å². The molecule has 3 heterocycles. The lowest BCUT2D eigenvalue weighted by Crippen LogP contribution is -2.33. The number of anilines is 3. The number of aryl methyl sites for hydroxylation is 1. The highest BCUT2D eigenvalue weighted by Gasteiger charge is 2.57. The minimum absolute atomic E-state index is 0.172. The molecule has 8 nitrogen and oxygen atoms in total. The van der Waals surface area contributed by atoms with E-state index in [2.05, 4.69) is 5.32 Å². The lowest BCUT2D eigenvalue weighted by molar-refractivity contribution is -0.137. The number of thiazole rings is 1. The summed E-state index contributed by atoms with van der Waals surface area (Å²) in [5.74, 6) is -3.50. The van der Waals surface area contributed by atoms with Gasteiger partial charge in [-0.3, -0.25) is 23.7 Å². The van der Waals surface area contributed by atoms with Crippen LogP contribution in [0.15, 0.2) is 82.6 Å². The number of carbonyl (C=O) groups is 3. The second-order valence-electron chi connectivity index (χ2n) is 11.1. The third-order valence-corrected chi connectivity index (χ3v) is 10.5. The second-order valence-corrected chi connectivity index (χ2v) is 13.2. The maximum atomic E-state index is 14.0. The van der Waals surface area contributed by atoms with Crippen LogP contribution in [0, 0.1) is 12.8 Å². The second kappa shape index (κ2) is 11.5. The van der Waals surface area contributed by atoms with Crippen LogP contribution >= 0.6 is 23.1 Å². The lowest BCUT2D eigenvalue weighted by Gasteiger charge is -2.31. The van der Waals surface area contributed by atoms with Crippen LogP contribution in [-0.2, 0) is 27.1 Å². The number of benzene rings is 3. The van der Waals surface area contributed by atoms with Crippen LogP contribution in [0.25, 0.3) is 0 Å². The fraction of sp³-hybridized carbons (Fsp3) is 0.250. The molecule has 3 unspecified atom stereocenters. The highest BCUT2D eigenvalue weighted by molar-refractivity contribution is 8.00. The first-order valence-corrected chi connectivity index (χ1v) is 15.6. The Morgan fingerprint density at radius 1 is 0.956 bits per heavy atom. The normalized spacial score (nSPS) is 19.3. The van der Waals surface area contributed by atoms with E-state index in [-0.39, 0.29) is 12.2 Å². The number of carbonyl (C=O) groups excluding carboxylic acids is 3. The van der Waals surface area contributed by atoms with Crippen LogP contribution in [0.2, 0.25) is 0 Å². The average molecular weight is 653 g/mol. The van der Waals surface area contributed by atoms with Gasteiger partial charge < -0.3 is 10.2 Å². The molecule has 4 aromatic rings. The van der Waals surface area contributed by atoms with E-state index in [0.717, 1.165) is 57.4 Å². The van der Waals surface area contributed by atoms with Crippen molar-refractivity contribution < 1.29 is 27.6 Å². The molecule has 3 aromatic carbocycles. The first-order chi connectivity index (χ1) is 21.3. The van der Waals surface area contributed by atoms with Crippen LogP contribution < -0.4 is 20.0 Å². The number of nitrogens with zero attached hydrogens (tertiary/aromatic N) is 3. The molecule has 45 heavy (non-hydrogen) atoms. The Morgan fingerprint density at radius 3 is 2.29 bits per heavy atom. The molecule has 1 N–H and O–H groups in total. The molecule has 2 aliphatic rings. The number of imide groups is 1. The summed E-state index contributed by atoms with van der Waals surface area (Å²) in [4.78, 5) is 57.1. The van der Waals surface area contributed by atoms with Crippen molar-refractivity contribution in [2.75, 3.05) is 29.2 Å². The van der Waals surface area contributed by atoms with Crippen LogP contribution in [0.3, 0.4) is 0 Å². The van der Waals surface area contributed by atoms with E-state index in [9.17, 15) is 32.3 Å². The van der Waals surface area contributed by atoms with E-state index < -0.39 is 51.4 Å². The van der Waals surface area contributed by atoms with Crippen molar-refractivity contribution in [2.45, 2.75) is 35.8 Å². The highest BCUT2D eigenvalue weighted by atomic mass is 32.2. The van der Waals surface area contributed by atoms with Gasteiger partial charge in [0, 0.05) is 36.3 Å². The predicted octanol–water partition coefficient (Wildman–Crippen LogP) is 5.74. The Hall–Kier alpha value is -4.36. The molecule has 0 radical (unpaired) electrons. The van der Waals surface area contributed by atoms with E-state index in [0.29, 0.717) is 21.2 Å². The van der Waals surface area contributed by atoms with Gasteiger partial charge >= 0.3 is 11.0 Å². The molecule has 0 saturated carbocycles. The molecular weight excluding hydrogens is 626 g/mol. The van der Waals surface area contributed by atoms with Crippen molar-refractivity contribution in [3.05, 3.63) is 104 Å². The monoisotopic (exact) mass is 652 g/mol. The number of amides is 3. The summed E-state index contributed by atoms with van der Waals surface area (Å²) in [5.41, 5.74) is 1.98. The van der Waals surface area contributed by atoms with Crippen molar-refractivity contribution in [3.8, 4) is 0 Å². The average Bonchev–Trinajstić information content (AvgIpc) is 3.44. The lowest BCUT2D eigenvalue weighted by atomic mass is 9.83. The number of thioether (sulfide) groups is 1. The number of halogens is 3. The van der Waals surface area contributed by atoms with Gasteiger partial charge in [-0.25, -0.2) is 4.90 Å². The third-order valence-electron chi connectivity index (χ3n) is 7.89. The Labute approximate surface area is 264 Å². The van der Waals surface area contributed by atoms with Crippen molar-refractivity contribution >= 4 is 57.9 Å². The number of hydrogen-bond donors (Lipinski definition) is 1. The van der Waals surface area contributed by atoms with Crippen LogP contribution in [0.4, 0.5) is 30.2 Å². The first kappa shape index (κ1) is 30.7. The minimum atomic E-state index is -4.67. The molecule has 3 amide bonds. The fourth-order valence-corrected chi connectivity index (χ4v) is 8.42. The van der Waals surface area contributed by atoms with Crippen molar-refractivity contribution in [1.29, 1.82) is 0 Å². The molecule has 1 aromatic heterocycles. The number of hydrogen-bond acceptors (Lipinski definition) is 7. The Bertz CT molecular complexity index is 1870. The quantitative estimate of drug-likeness (QED) is 0.268. The number of alkyl halides is 3. The summed E-state index contributed by atoms with van der Waals surface area (Å²) < 4.78 is 41.9. The van der Waals surface area contributed by atoms with Gasteiger partial charge in [0.15, 0.2) is 0 Å². The zero-order valence-corrected chi connectivity index (χ0v) is 25.9. The zero-order chi connectivity index (χ0) is 32.2. The molecule has 0 bridgehead atoms. The standard InChI is InChI=1S/C32H27F3N4O4S2/c1-17-7-11-20(12-8-17)36-23(40)16-38-30-27(45-31(38)43)24(18-9-13-21(14-10-18)37(2)3)25-26(44-30)29(42)39(28(25)41)22-6-4-5-19(15-22)32(33,34)35/h4-15,24-26H,16H2,1-3H3,(H,36,40). The number of nitrogens with one attached hydrogen (secondary N) is 1. The maximum Gasteiger partial charge on any atom is 0.416 e. The van der Waals surface area contributed by atoms with E-state index >= 15 is 0 Å². The van der Waals surface area contributed by atoms with Crippen molar-refractivity contribution in [1.82, 2.24) is 4.57 Å². The van der Waals surface area contributed by atoms with Gasteiger partial charge in [-0.1, -0.05) is 59.0 Å². The molecular formula is C32H27F3N4O4S2. The summed E-state index contributed by atoms with van der Waals surface area (Å²) in [5, 5.41) is 2.14. The number of aromatic nitrogens is 1. The van der Waals surface area contributed by atoms with E-state index in [1.54, 1.807) is 12.1 Å². The molecule has 1 fully saturated rings. The molecule has 1 saturated heterocycles. The summed E-state index contributed by atoms with van der Waals surface area (Å²) in [6, 6.07) is 18.7. The Kier molecular flexibility index (Phi) is 7.86. The molecule has 3 atom stereocenters. The van der Waals surface area contributed by atoms with E-state index in [4.69, 9.17) is 0 Å². The van der Waals surface area contributed by atoms with Gasteiger partial charge in [-0.15, -0.1) is 0 Å². The summed E-state index contributed by atoms with van der Waals surface area (Å²) in [7, 11) is 3.75. The predicted molar refractivity (Wildman–Crippen MR) is 168 cm³/mol. The van der Waals surface area contributed by atoms with Crippen molar-refractivity contribution in [2.24, 2.45) is 5.92 Å². The molecule has 2 aliphatic heterocycles. The first-order valence-electron chi connectivity index (χ1n) is 13.9. The van der Waals surface area contributed by atoms with Gasteiger partial charge in [-0.2, -0.15) is 13.2 Å². The summed E-state index contributed by atoms with van der Waals surface area (Å²) in [6.07, 6.45) is -4.67. The van der Waals surface area contributed by atoms with Gasteiger partial charge in [0.1, 0.15) is 11.8 Å². The van der Waals surface area contributed by atoms with Gasteiger partial charge in [0.2, 0.25) is 17.7 Å². The highest BCUT2D eigenvalue weighted by Crippen LogP contribution is 2.54. The zero-order valence-electron chi connectivity index (χ0n) is 24.3. The maximum absolute atomic E-state index is 14.0. The number of rotatable bonds is 6. The summed E-state index contributed by atoms with van der Waals surface area (Å²) in [6.45, 7) is 1.59. The Morgan fingerprint density at radius 2 is 1.64 bits per heavy atom. The van der Waals surface area contributed by atoms with Gasteiger partial charge in [0.25, 0.3) is 0 Å². The minimum Gasteiger partial charge on any atom is -0.378 e. The largest absolute Gasteiger partial charge is 0.416 e. The molecule has 0 spiro atoms. The molecule has 0 aliphatic carbocycles. The smallest absolute Gasteiger partial charge is 0.378 e. The van der Waals surface area contributed by atoms with Crippen molar-refractivity contribution in [3.63, 3.8) is 0 Å². The molecule has 6 rings (SSSR count). The van der Waals surface area contributed by atoms with Gasteiger partial charge in [-0.05, 0) is 55.0 Å². The SMILES string of the molecule is Cc1ccc(NC(=O)Cn2c3c(sc2=O)C(c2ccc(N(C)C)cc2)C2C(=O)N(c4cccc(C(F)(F)F)c4)C(=O)C2S3)cc1. The number of fused-ring (bicyclic) bond motifs is 2. The van der Waals surface area contributed by atoms with Crippen LogP contribution in [0.5, 0.6) is 0 Å². The molecule has 13 heteroatoms.